The van der Waals surface area contributed by atoms with E-state index in [1.165, 1.54) is 0 Å². The van der Waals surface area contributed by atoms with Crippen LogP contribution in [0.25, 0.3) is 5.82 Å². The first-order valence-electron chi connectivity index (χ1n) is 8.36. The van der Waals surface area contributed by atoms with Gasteiger partial charge < -0.3 is 15.4 Å². The Kier molecular flexibility index (Phi) is 6.52. The summed E-state index contributed by atoms with van der Waals surface area (Å²) in [7, 11) is 3.50. The van der Waals surface area contributed by atoms with Crippen molar-refractivity contribution in [3.05, 3.63) is 42.4 Å². The number of methoxy groups -OCH3 is 1. The van der Waals surface area contributed by atoms with Crippen molar-refractivity contribution < 1.29 is 4.74 Å². The fourth-order valence-corrected chi connectivity index (χ4v) is 2.44. The number of hydrogen-bond donors (Lipinski definition) is 2. The normalized spacial score (nSPS) is 13.6. The van der Waals surface area contributed by atoms with Crippen molar-refractivity contribution in [3.8, 4) is 5.82 Å². The summed E-state index contributed by atoms with van der Waals surface area (Å²) in [4.78, 5) is 8.61. The van der Waals surface area contributed by atoms with Crippen molar-refractivity contribution in [1.29, 1.82) is 0 Å². The largest absolute Gasteiger partial charge is 0.379 e. The molecule has 0 radical (unpaired) electrons. The van der Waals surface area contributed by atoms with Crippen molar-refractivity contribution in [3.63, 3.8) is 0 Å². The number of aromatic nitrogens is 3. The summed E-state index contributed by atoms with van der Waals surface area (Å²) in [5.41, 5.74) is 1.16. The molecule has 0 spiro atoms. The Bertz CT molecular complexity index is 675. The maximum Gasteiger partial charge on any atom is 0.191 e. The van der Waals surface area contributed by atoms with Crippen LogP contribution in [0.15, 0.2) is 41.8 Å². The van der Waals surface area contributed by atoms with Gasteiger partial charge in [-0.15, -0.1) is 0 Å². The Morgan fingerprint density at radius 3 is 2.72 bits per heavy atom. The van der Waals surface area contributed by atoms with E-state index in [-0.39, 0.29) is 11.5 Å². The van der Waals surface area contributed by atoms with Crippen LogP contribution >= 0.6 is 0 Å². The number of nitrogens with zero attached hydrogens (tertiary/aromatic N) is 4. The van der Waals surface area contributed by atoms with Crippen LogP contribution in [-0.2, 0) is 11.3 Å². The lowest BCUT2D eigenvalue weighted by Crippen LogP contribution is -2.45. The molecule has 2 aromatic rings. The first-order chi connectivity index (χ1) is 11.9. The predicted molar refractivity (Wildman–Crippen MR) is 99.8 cm³/mol. The second-order valence-electron chi connectivity index (χ2n) is 6.87. The van der Waals surface area contributed by atoms with Crippen molar-refractivity contribution in [2.75, 3.05) is 20.7 Å². The standard InChI is InChI=1S/C18H28N6O/c1-18(2,3)15(25-5)13-22-17(19-4)21-12-14-7-9-20-16(11-14)24-10-6-8-23-24/h6-11,15H,12-13H2,1-5H3,(H2,19,21,22). The van der Waals surface area contributed by atoms with Crippen LogP contribution in [0.4, 0.5) is 0 Å². The molecule has 0 aliphatic heterocycles. The number of aliphatic imine (C=N–C) groups is 1. The average molecular weight is 344 g/mol. The van der Waals surface area contributed by atoms with E-state index in [1.54, 1.807) is 31.2 Å². The molecule has 136 valence electrons. The highest BCUT2D eigenvalue weighted by atomic mass is 16.5. The summed E-state index contributed by atoms with van der Waals surface area (Å²) in [6, 6.07) is 5.85. The fraction of sp³-hybridized carbons (Fsp3) is 0.500. The minimum atomic E-state index is 0.0599. The van der Waals surface area contributed by atoms with Crippen LogP contribution in [0.5, 0.6) is 0 Å². The summed E-state index contributed by atoms with van der Waals surface area (Å²) in [5, 5.41) is 10.8. The molecule has 0 aliphatic carbocycles. The molecule has 7 heteroatoms. The lowest BCUT2D eigenvalue weighted by molar-refractivity contribution is 0.0205. The van der Waals surface area contributed by atoms with Crippen molar-refractivity contribution in [1.82, 2.24) is 25.4 Å². The van der Waals surface area contributed by atoms with Gasteiger partial charge in [0, 0.05) is 45.8 Å². The Hall–Kier alpha value is -2.41. The van der Waals surface area contributed by atoms with Gasteiger partial charge in [-0.3, -0.25) is 4.99 Å². The second kappa shape index (κ2) is 8.62. The van der Waals surface area contributed by atoms with Gasteiger partial charge in [0.25, 0.3) is 0 Å². The van der Waals surface area contributed by atoms with E-state index in [2.05, 4.69) is 46.5 Å². The van der Waals surface area contributed by atoms with Gasteiger partial charge in [0.05, 0.1) is 6.10 Å². The van der Waals surface area contributed by atoms with Gasteiger partial charge >= 0.3 is 0 Å². The quantitative estimate of drug-likeness (QED) is 0.619. The zero-order valence-electron chi connectivity index (χ0n) is 15.7. The summed E-state index contributed by atoms with van der Waals surface area (Å²) >= 11 is 0. The maximum atomic E-state index is 5.57. The molecule has 0 amide bonds. The number of guanidine groups is 1. The molecular weight excluding hydrogens is 316 g/mol. The molecule has 2 aromatic heterocycles. The molecule has 25 heavy (non-hydrogen) atoms. The number of rotatable bonds is 6. The first-order valence-corrected chi connectivity index (χ1v) is 8.36. The summed E-state index contributed by atoms with van der Waals surface area (Å²) in [6.45, 7) is 7.81. The molecule has 2 heterocycles. The molecule has 0 bridgehead atoms. The smallest absolute Gasteiger partial charge is 0.191 e. The van der Waals surface area contributed by atoms with Crippen molar-refractivity contribution >= 4 is 5.96 Å². The Morgan fingerprint density at radius 1 is 1.32 bits per heavy atom. The monoisotopic (exact) mass is 344 g/mol. The third-order valence-corrected chi connectivity index (χ3v) is 3.94. The predicted octanol–water partition coefficient (Wildman–Crippen LogP) is 1.99. The van der Waals surface area contributed by atoms with Crippen LogP contribution in [0.1, 0.15) is 26.3 Å². The van der Waals surface area contributed by atoms with Crippen LogP contribution in [0.2, 0.25) is 0 Å². The van der Waals surface area contributed by atoms with Crippen LogP contribution in [0.3, 0.4) is 0 Å². The topological polar surface area (TPSA) is 76.4 Å². The third-order valence-electron chi connectivity index (χ3n) is 3.94. The van der Waals surface area contributed by atoms with E-state index in [0.717, 1.165) is 17.3 Å². The zero-order chi connectivity index (χ0) is 18.3. The molecule has 1 atom stereocenters. The van der Waals surface area contributed by atoms with E-state index < -0.39 is 0 Å². The van der Waals surface area contributed by atoms with E-state index in [1.807, 2.05) is 24.4 Å². The summed E-state index contributed by atoms with van der Waals surface area (Å²) in [5.74, 6) is 1.53. The molecule has 7 nitrogen and oxygen atoms in total. The molecule has 0 aliphatic rings. The van der Waals surface area contributed by atoms with Gasteiger partial charge in [-0.1, -0.05) is 20.8 Å². The van der Waals surface area contributed by atoms with Crippen LogP contribution in [0, 0.1) is 5.41 Å². The van der Waals surface area contributed by atoms with Crippen molar-refractivity contribution in [2.24, 2.45) is 10.4 Å². The van der Waals surface area contributed by atoms with E-state index in [9.17, 15) is 0 Å². The number of nitrogens with one attached hydrogen (secondary N) is 2. The van der Waals surface area contributed by atoms with Gasteiger partial charge in [-0.25, -0.2) is 9.67 Å². The minimum absolute atomic E-state index is 0.0599. The summed E-state index contributed by atoms with van der Waals surface area (Å²) in [6.07, 6.45) is 5.49. The SMILES string of the molecule is CN=C(NCc1ccnc(-n2cccn2)c1)NCC(OC)C(C)(C)C. The number of hydrogen-bond acceptors (Lipinski definition) is 4. The fourth-order valence-electron chi connectivity index (χ4n) is 2.44. The molecule has 0 saturated heterocycles. The maximum absolute atomic E-state index is 5.57. The zero-order valence-corrected chi connectivity index (χ0v) is 15.7. The van der Waals surface area contributed by atoms with E-state index in [4.69, 9.17) is 4.74 Å². The lowest BCUT2D eigenvalue weighted by atomic mass is 9.89. The Morgan fingerprint density at radius 2 is 2.12 bits per heavy atom. The van der Waals surface area contributed by atoms with Crippen molar-refractivity contribution in [2.45, 2.75) is 33.4 Å². The van der Waals surface area contributed by atoms with E-state index in [0.29, 0.717) is 13.1 Å². The molecule has 2 rings (SSSR count). The van der Waals surface area contributed by atoms with Gasteiger partial charge in [0.1, 0.15) is 0 Å². The molecule has 2 N–H and O–H groups in total. The summed E-state index contributed by atoms with van der Waals surface area (Å²) < 4.78 is 7.31. The third kappa shape index (κ3) is 5.56. The highest BCUT2D eigenvalue weighted by molar-refractivity contribution is 5.79. The first kappa shape index (κ1) is 18.9. The molecule has 0 saturated carbocycles. The Labute approximate surface area is 149 Å². The lowest BCUT2D eigenvalue weighted by Gasteiger charge is -2.30. The van der Waals surface area contributed by atoms with Gasteiger partial charge in [-0.05, 0) is 29.2 Å². The molecular formula is C18H28N6O. The van der Waals surface area contributed by atoms with Gasteiger partial charge in [0.2, 0.25) is 0 Å². The van der Waals surface area contributed by atoms with Gasteiger partial charge in [-0.2, -0.15) is 5.10 Å². The highest BCUT2D eigenvalue weighted by Crippen LogP contribution is 2.20. The number of ether oxygens (including phenoxy) is 1. The van der Waals surface area contributed by atoms with Gasteiger partial charge in [0.15, 0.2) is 11.8 Å². The van der Waals surface area contributed by atoms with Crippen LogP contribution in [-0.4, -0.2) is 47.5 Å². The van der Waals surface area contributed by atoms with E-state index >= 15 is 0 Å². The molecule has 1 unspecified atom stereocenters. The second-order valence-corrected chi connectivity index (χ2v) is 6.87. The average Bonchev–Trinajstić information content (AvgIpc) is 3.12. The number of pyridine rings is 1. The molecule has 0 fully saturated rings. The molecule has 0 aromatic carbocycles. The van der Waals surface area contributed by atoms with Crippen LogP contribution < -0.4 is 10.6 Å². The highest BCUT2D eigenvalue weighted by Gasteiger charge is 2.24. The minimum Gasteiger partial charge on any atom is -0.379 e. The Balaban J connectivity index is 1.92.